The lowest BCUT2D eigenvalue weighted by Crippen LogP contribution is -2.44. The van der Waals surface area contributed by atoms with Crippen molar-refractivity contribution in [3.05, 3.63) is 0 Å². The molecule has 0 aliphatic carbocycles. The molecule has 11 heavy (non-hydrogen) atoms. The van der Waals surface area contributed by atoms with Gasteiger partial charge in [0, 0.05) is 7.11 Å². The lowest BCUT2D eigenvalue weighted by atomic mass is 10.0. The van der Waals surface area contributed by atoms with Crippen LogP contribution >= 0.6 is 0 Å². The van der Waals surface area contributed by atoms with Gasteiger partial charge in [0.05, 0.1) is 12.8 Å². The molecule has 4 heteroatoms. The van der Waals surface area contributed by atoms with Crippen molar-refractivity contribution in [1.29, 1.82) is 0 Å². The van der Waals surface area contributed by atoms with Gasteiger partial charge in [0.1, 0.15) is 0 Å². The molecule has 0 heterocycles. The van der Waals surface area contributed by atoms with Gasteiger partial charge in [-0.25, -0.2) is 0 Å². The number of aliphatic hydroxyl groups excluding tert-OH is 1. The summed E-state index contributed by atoms with van der Waals surface area (Å²) >= 11 is 0. The third kappa shape index (κ3) is 4.31. The van der Waals surface area contributed by atoms with Gasteiger partial charge in [-0.2, -0.15) is 0 Å². The minimum Gasteiger partial charge on any atom is -0.370 e. The molecule has 0 aliphatic heterocycles. The van der Waals surface area contributed by atoms with Crippen LogP contribution in [0.2, 0.25) is 0 Å². The Morgan fingerprint density at radius 1 is 1.36 bits per heavy atom. The van der Waals surface area contributed by atoms with Gasteiger partial charge in [0.25, 0.3) is 0 Å². The summed E-state index contributed by atoms with van der Waals surface area (Å²) in [5, 5.41) is 20.5. The van der Waals surface area contributed by atoms with E-state index in [2.05, 4.69) is 5.32 Å². The molecule has 0 saturated carbocycles. The maximum Gasteiger partial charge on any atom is 0.167 e. The summed E-state index contributed by atoms with van der Waals surface area (Å²) in [6, 6.07) is -0.324. The second-order valence-electron chi connectivity index (χ2n) is 2.82. The zero-order valence-corrected chi connectivity index (χ0v) is 7.24. The number of methoxy groups -OCH3 is 1. The lowest BCUT2D eigenvalue weighted by molar-refractivity contribution is -0.0832. The first-order valence-corrected chi connectivity index (χ1v) is 3.68. The van der Waals surface area contributed by atoms with Gasteiger partial charge in [-0.1, -0.05) is 13.8 Å². The Kier molecular flexibility index (Phi) is 5.41. The molecule has 68 valence electrons. The zero-order valence-electron chi connectivity index (χ0n) is 7.24. The van der Waals surface area contributed by atoms with Gasteiger partial charge >= 0.3 is 0 Å². The highest BCUT2D eigenvalue weighted by Crippen LogP contribution is 2.03. The predicted molar refractivity (Wildman–Crippen MR) is 41.9 cm³/mol. The molecule has 0 aromatic heterocycles. The lowest BCUT2D eigenvalue weighted by Gasteiger charge is -2.23. The van der Waals surface area contributed by atoms with E-state index in [-0.39, 0.29) is 12.0 Å². The molecular weight excluding hydrogens is 146 g/mol. The molecule has 3 N–H and O–H groups in total. The van der Waals surface area contributed by atoms with E-state index >= 15 is 0 Å². The molecule has 0 aromatic carbocycles. The topological polar surface area (TPSA) is 61.7 Å². The highest BCUT2D eigenvalue weighted by Gasteiger charge is 2.18. The fraction of sp³-hybridized carbons (Fsp3) is 1.00. The van der Waals surface area contributed by atoms with Crippen LogP contribution in [0.4, 0.5) is 0 Å². The Bertz CT molecular complexity index is 87.7. The van der Waals surface area contributed by atoms with E-state index in [1.165, 1.54) is 0 Å². The molecule has 0 fully saturated rings. The number of nitrogens with one attached hydrogen (secondary N) is 1. The van der Waals surface area contributed by atoms with Gasteiger partial charge < -0.3 is 14.9 Å². The molecule has 0 aliphatic rings. The predicted octanol–water partition coefficient (Wildman–Crippen LogP) is -0.485. The molecule has 0 unspecified atom stereocenters. The van der Waals surface area contributed by atoms with Gasteiger partial charge in [-0.05, 0) is 5.92 Å². The highest BCUT2D eigenvalue weighted by molar-refractivity contribution is 4.70. The fourth-order valence-electron chi connectivity index (χ4n) is 0.865. The Hall–Kier alpha value is -0.160. The van der Waals surface area contributed by atoms with E-state index in [0.717, 1.165) is 0 Å². The van der Waals surface area contributed by atoms with Crippen LogP contribution in [-0.2, 0) is 4.74 Å². The number of aliphatic hydroxyl groups is 2. The van der Waals surface area contributed by atoms with Crippen LogP contribution in [0.1, 0.15) is 13.8 Å². The molecule has 0 rings (SSSR count). The number of rotatable bonds is 5. The van der Waals surface area contributed by atoms with E-state index < -0.39 is 6.29 Å². The van der Waals surface area contributed by atoms with Crippen LogP contribution in [-0.4, -0.2) is 36.4 Å². The summed E-state index contributed by atoms with van der Waals surface area (Å²) in [7, 11) is 1.55. The van der Waals surface area contributed by atoms with Crippen molar-refractivity contribution in [2.45, 2.75) is 26.2 Å². The number of ether oxygens (including phenoxy) is 1. The molecule has 0 bridgehead atoms. The van der Waals surface area contributed by atoms with Crippen LogP contribution in [0.15, 0.2) is 0 Å². The van der Waals surface area contributed by atoms with Crippen molar-refractivity contribution >= 4 is 0 Å². The van der Waals surface area contributed by atoms with Crippen molar-refractivity contribution in [2.75, 3.05) is 13.8 Å². The molecule has 1 atom stereocenters. The number of hydrogen-bond donors (Lipinski definition) is 3. The monoisotopic (exact) mass is 163 g/mol. The Labute approximate surface area is 67.2 Å². The van der Waals surface area contributed by atoms with Crippen LogP contribution in [0.3, 0.4) is 0 Å². The van der Waals surface area contributed by atoms with Crippen LogP contribution < -0.4 is 5.32 Å². The largest absolute Gasteiger partial charge is 0.370 e. The summed E-state index contributed by atoms with van der Waals surface area (Å²) < 4.78 is 4.74. The zero-order chi connectivity index (χ0) is 8.85. The summed E-state index contributed by atoms with van der Waals surface area (Å²) in [6.45, 7) is 4.15. The van der Waals surface area contributed by atoms with Crippen molar-refractivity contribution in [2.24, 2.45) is 5.92 Å². The SMILES string of the molecule is COCN[C@H](C(C)C)C(O)O. The summed E-state index contributed by atoms with van der Waals surface area (Å²) in [5.41, 5.74) is 0. The average molecular weight is 163 g/mol. The molecule has 4 nitrogen and oxygen atoms in total. The van der Waals surface area contributed by atoms with Crippen molar-refractivity contribution in [3.63, 3.8) is 0 Å². The van der Waals surface area contributed by atoms with Gasteiger partial charge in [0.15, 0.2) is 6.29 Å². The Balaban J connectivity index is 3.70. The Morgan fingerprint density at radius 2 is 1.91 bits per heavy atom. The first-order valence-electron chi connectivity index (χ1n) is 3.68. The molecule has 0 spiro atoms. The standard InChI is InChI=1S/C7H17NO3/c1-5(2)6(7(9)10)8-4-11-3/h5-10H,4H2,1-3H3/t6-/m1/s1. The third-order valence-electron chi connectivity index (χ3n) is 1.50. The quantitative estimate of drug-likeness (QED) is 0.479. The molecule has 0 saturated heterocycles. The van der Waals surface area contributed by atoms with E-state index in [9.17, 15) is 0 Å². The maximum atomic E-state index is 8.85. The minimum atomic E-state index is -1.33. The van der Waals surface area contributed by atoms with Crippen LogP contribution in [0.5, 0.6) is 0 Å². The Morgan fingerprint density at radius 3 is 2.18 bits per heavy atom. The average Bonchev–Trinajstić information content (AvgIpc) is 1.87. The normalized spacial score (nSPS) is 14.5. The summed E-state index contributed by atoms with van der Waals surface area (Å²) in [5.74, 6) is 0.171. The third-order valence-corrected chi connectivity index (χ3v) is 1.50. The summed E-state index contributed by atoms with van der Waals surface area (Å²) in [4.78, 5) is 0. The van der Waals surface area contributed by atoms with E-state index in [0.29, 0.717) is 6.73 Å². The minimum absolute atomic E-state index is 0.171. The molecule has 0 amide bonds. The molecule has 0 radical (unpaired) electrons. The van der Waals surface area contributed by atoms with Gasteiger partial charge in [0.2, 0.25) is 0 Å². The van der Waals surface area contributed by atoms with E-state index in [1.54, 1.807) is 7.11 Å². The van der Waals surface area contributed by atoms with Crippen molar-refractivity contribution in [3.8, 4) is 0 Å². The second-order valence-corrected chi connectivity index (χ2v) is 2.82. The first kappa shape index (κ1) is 10.8. The van der Waals surface area contributed by atoms with Gasteiger partial charge in [-0.3, -0.25) is 5.32 Å². The van der Waals surface area contributed by atoms with Crippen molar-refractivity contribution in [1.82, 2.24) is 5.32 Å². The first-order chi connectivity index (χ1) is 5.09. The fourth-order valence-corrected chi connectivity index (χ4v) is 0.865. The van der Waals surface area contributed by atoms with Gasteiger partial charge in [-0.15, -0.1) is 0 Å². The maximum absolute atomic E-state index is 8.85. The smallest absolute Gasteiger partial charge is 0.167 e. The summed E-state index contributed by atoms with van der Waals surface area (Å²) in [6.07, 6.45) is -1.33. The molecule has 0 aromatic rings. The van der Waals surface area contributed by atoms with Crippen LogP contribution in [0.25, 0.3) is 0 Å². The highest BCUT2D eigenvalue weighted by atomic mass is 16.5. The van der Waals surface area contributed by atoms with Crippen molar-refractivity contribution < 1.29 is 14.9 Å². The van der Waals surface area contributed by atoms with Crippen LogP contribution in [0, 0.1) is 5.92 Å². The number of hydrogen-bond acceptors (Lipinski definition) is 4. The second kappa shape index (κ2) is 5.49. The van der Waals surface area contributed by atoms with E-state index in [1.807, 2.05) is 13.8 Å². The van der Waals surface area contributed by atoms with E-state index in [4.69, 9.17) is 14.9 Å². The molecular formula is C7H17NO3.